The molecule has 0 aliphatic rings. The van der Waals surface area contributed by atoms with Crippen LogP contribution < -0.4 is 11.1 Å². The van der Waals surface area contributed by atoms with E-state index in [-0.39, 0.29) is 11.9 Å². The molecule has 5 heteroatoms. The number of carbonyl (C=O) groups excluding carboxylic acids is 1. The molecule has 0 aliphatic heterocycles. The lowest BCUT2D eigenvalue weighted by Crippen LogP contribution is -2.36. The van der Waals surface area contributed by atoms with Gasteiger partial charge in [0.15, 0.2) is 0 Å². The Morgan fingerprint density at radius 3 is 2.53 bits per heavy atom. The van der Waals surface area contributed by atoms with Gasteiger partial charge in [0.05, 0.1) is 0 Å². The van der Waals surface area contributed by atoms with Crippen molar-refractivity contribution in [2.45, 2.75) is 32.7 Å². The third-order valence-corrected chi connectivity index (χ3v) is 3.13. The molecule has 0 spiro atoms. The Morgan fingerprint density at radius 1 is 1.47 bits per heavy atom. The molecule has 0 aromatic rings. The number of nitrogens with two attached hydrogens (primary N) is 1. The van der Waals surface area contributed by atoms with Gasteiger partial charge < -0.3 is 11.1 Å². The van der Waals surface area contributed by atoms with Crippen LogP contribution >= 0.6 is 0 Å². The summed E-state index contributed by atoms with van der Waals surface area (Å²) in [6.07, 6.45) is 2.95. The van der Waals surface area contributed by atoms with Gasteiger partial charge in [-0.3, -0.25) is 9.00 Å². The molecule has 0 heterocycles. The van der Waals surface area contributed by atoms with Crippen molar-refractivity contribution in [1.82, 2.24) is 5.32 Å². The maximum atomic E-state index is 11.4. The molecule has 0 radical (unpaired) electrons. The number of hydrogen-bond donors (Lipinski definition) is 2. The van der Waals surface area contributed by atoms with E-state index in [1.807, 2.05) is 13.8 Å². The van der Waals surface area contributed by atoms with Crippen molar-refractivity contribution in [3.63, 3.8) is 0 Å². The Bertz CT molecular complexity index is 221. The molecule has 15 heavy (non-hydrogen) atoms. The highest BCUT2D eigenvalue weighted by Crippen LogP contribution is 2.03. The van der Waals surface area contributed by atoms with Crippen molar-refractivity contribution in [2.75, 3.05) is 18.6 Å². The minimum Gasteiger partial charge on any atom is -0.353 e. The SMILES string of the molecule is CC(CN)CCC(=O)NC(C)CS(C)=O. The van der Waals surface area contributed by atoms with E-state index in [9.17, 15) is 9.00 Å². The molecule has 3 atom stereocenters. The monoisotopic (exact) mass is 234 g/mol. The minimum atomic E-state index is -0.861. The standard InChI is InChI=1S/C10H22N2O2S/c1-8(6-11)4-5-10(13)12-9(2)7-15(3)14/h8-9H,4-7,11H2,1-3H3,(H,12,13). The lowest BCUT2D eigenvalue weighted by atomic mass is 10.1. The van der Waals surface area contributed by atoms with E-state index < -0.39 is 10.8 Å². The zero-order valence-corrected chi connectivity index (χ0v) is 10.6. The number of amides is 1. The van der Waals surface area contributed by atoms with E-state index in [4.69, 9.17) is 5.73 Å². The van der Waals surface area contributed by atoms with Crippen LogP contribution in [0, 0.1) is 5.92 Å². The van der Waals surface area contributed by atoms with E-state index in [1.165, 1.54) is 0 Å². The van der Waals surface area contributed by atoms with Crippen LogP contribution in [0.1, 0.15) is 26.7 Å². The normalized spacial score (nSPS) is 16.8. The number of hydrogen-bond acceptors (Lipinski definition) is 3. The molecule has 0 saturated heterocycles. The molecule has 90 valence electrons. The van der Waals surface area contributed by atoms with Crippen molar-refractivity contribution < 1.29 is 9.00 Å². The Hall–Kier alpha value is -0.420. The number of carbonyl (C=O) groups is 1. The van der Waals surface area contributed by atoms with E-state index in [1.54, 1.807) is 6.26 Å². The average molecular weight is 234 g/mol. The second-order valence-electron chi connectivity index (χ2n) is 4.09. The lowest BCUT2D eigenvalue weighted by molar-refractivity contribution is -0.121. The molecule has 0 aromatic heterocycles. The summed E-state index contributed by atoms with van der Waals surface area (Å²) in [6.45, 7) is 4.51. The molecule has 0 aromatic carbocycles. The van der Waals surface area contributed by atoms with E-state index >= 15 is 0 Å². The van der Waals surface area contributed by atoms with Gasteiger partial charge in [0.25, 0.3) is 0 Å². The molecule has 0 saturated carbocycles. The first-order valence-electron chi connectivity index (χ1n) is 5.25. The van der Waals surface area contributed by atoms with Crippen molar-refractivity contribution in [3.8, 4) is 0 Å². The van der Waals surface area contributed by atoms with Crippen molar-refractivity contribution in [3.05, 3.63) is 0 Å². The quantitative estimate of drug-likeness (QED) is 0.663. The van der Waals surface area contributed by atoms with E-state index in [0.717, 1.165) is 6.42 Å². The van der Waals surface area contributed by atoms with Gasteiger partial charge in [-0.25, -0.2) is 0 Å². The third-order valence-electron chi connectivity index (χ3n) is 2.16. The summed E-state index contributed by atoms with van der Waals surface area (Å²) in [7, 11) is -0.861. The molecule has 3 N–H and O–H groups in total. The summed E-state index contributed by atoms with van der Waals surface area (Å²) in [5.41, 5.74) is 5.45. The van der Waals surface area contributed by atoms with Crippen LogP contribution in [0.25, 0.3) is 0 Å². The van der Waals surface area contributed by atoms with E-state index in [0.29, 0.717) is 24.6 Å². The van der Waals surface area contributed by atoms with Gasteiger partial charge in [-0.1, -0.05) is 6.92 Å². The molecule has 0 fully saturated rings. The summed E-state index contributed by atoms with van der Waals surface area (Å²) in [5, 5.41) is 2.82. The molecule has 3 unspecified atom stereocenters. The van der Waals surface area contributed by atoms with Crippen LogP contribution in [0.3, 0.4) is 0 Å². The smallest absolute Gasteiger partial charge is 0.220 e. The highest BCUT2D eigenvalue weighted by molar-refractivity contribution is 7.84. The summed E-state index contributed by atoms with van der Waals surface area (Å²) < 4.78 is 10.9. The van der Waals surface area contributed by atoms with Crippen LogP contribution in [-0.4, -0.2) is 34.7 Å². The Kier molecular flexibility index (Phi) is 7.60. The van der Waals surface area contributed by atoms with Crippen LogP contribution in [0.5, 0.6) is 0 Å². The van der Waals surface area contributed by atoms with Crippen LogP contribution in [0.4, 0.5) is 0 Å². The van der Waals surface area contributed by atoms with Gasteiger partial charge in [0.2, 0.25) is 5.91 Å². The lowest BCUT2D eigenvalue weighted by Gasteiger charge is -2.13. The van der Waals surface area contributed by atoms with Crippen molar-refractivity contribution in [2.24, 2.45) is 11.7 Å². The zero-order valence-electron chi connectivity index (χ0n) is 9.79. The molecule has 0 bridgehead atoms. The second-order valence-corrected chi connectivity index (χ2v) is 5.57. The highest BCUT2D eigenvalue weighted by atomic mass is 32.2. The van der Waals surface area contributed by atoms with Crippen molar-refractivity contribution >= 4 is 16.7 Å². The van der Waals surface area contributed by atoms with Gasteiger partial charge in [-0.2, -0.15) is 0 Å². The summed E-state index contributed by atoms with van der Waals surface area (Å²) in [4.78, 5) is 11.4. The first kappa shape index (κ1) is 14.6. The summed E-state index contributed by atoms with van der Waals surface area (Å²) in [5.74, 6) is 0.915. The average Bonchev–Trinajstić information content (AvgIpc) is 2.12. The summed E-state index contributed by atoms with van der Waals surface area (Å²) >= 11 is 0. The van der Waals surface area contributed by atoms with Crippen LogP contribution in [-0.2, 0) is 15.6 Å². The second kappa shape index (κ2) is 7.82. The fraction of sp³-hybridized carbons (Fsp3) is 0.900. The molecule has 0 rings (SSSR count). The topological polar surface area (TPSA) is 72.2 Å². The van der Waals surface area contributed by atoms with Crippen LogP contribution in [0.15, 0.2) is 0 Å². The number of rotatable bonds is 7. The largest absolute Gasteiger partial charge is 0.353 e. The maximum absolute atomic E-state index is 11.4. The molecular formula is C10H22N2O2S. The van der Waals surface area contributed by atoms with Crippen molar-refractivity contribution in [1.29, 1.82) is 0 Å². The Morgan fingerprint density at radius 2 is 2.07 bits per heavy atom. The molecule has 4 nitrogen and oxygen atoms in total. The van der Waals surface area contributed by atoms with Crippen LogP contribution in [0.2, 0.25) is 0 Å². The minimum absolute atomic E-state index is 0.0171. The zero-order chi connectivity index (χ0) is 11.8. The molecule has 1 amide bonds. The van der Waals surface area contributed by atoms with Gasteiger partial charge >= 0.3 is 0 Å². The van der Waals surface area contributed by atoms with Gasteiger partial charge in [-0.05, 0) is 25.8 Å². The fourth-order valence-electron chi connectivity index (χ4n) is 1.24. The number of nitrogens with one attached hydrogen (secondary N) is 1. The Balaban J connectivity index is 3.69. The molecular weight excluding hydrogens is 212 g/mol. The fourth-order valence-corrected chi connectivity index (χ4v) is 2.02. The van der Waals surface area contributed by atoms with Gasteiger partial charge in [0.1, 0.15) is 0 Å². The first-order valence-corrected chi connectivity index (χ1v) is 6.97. The Labute approximate surface area is 94.4 Å². The first-order chi connectivity index (χ1) is 6.95. The predicted octanol–water partition coefficient (Wildman–Crippen LogP) is 0.245. The highest BCUT2D eigenvalue weighted by Gasteiger charge is 2.09. The molecule has 0 aliphatic carbocycles. The third kappa shape index (κ3) is 8.57. The maximum Gasteiger partial charge on any atom is 0.220 e. The van der Waals surface area contributed by atoms with Gasteiger partial charge in [0, 0.05) is 35.3 Å². The summed E-state index contributed by atoms with van der Waals surface area (Å²) in [6, 6.07) is -0.0171. The van der Waals surface area contributed by atoms with Gasteiger partial charge in [-0.15, -0.1) is 0 Å². The predicted molar refractivity (Wildman–Crippen MR) is 64.0 cm³/mol. The van der Waals surface area contributed by atoms with E-state index in [2.05, 4.69) is 5.32 Å².